The SMILES string of the molecule is CCCCCN1CCCC1(CC)C(=O)O. The number of carboxylic acids is 1. The van der Waals surface area contributed by atoms with Gasteiger partial charge in [0.15, 0.2) is 0 Å². The van der Waals surface area contributed by atoms with E-state index in [1.165, 1.54) is 12.8 Å². The van der Waals surface area contributed by atoms with Crippen LogP contribution in [0.1, 0.15) is 52.4 Å². The fraction of sp³-hybridized carbons (Fsp3) is 0.917. The largest absolute Gasteiger partial charge is 0.480 e. The van der Waals surface area contributed by atoms with Crippen molar-refractivity contribution in [3.8, 4) is 0 Å². The molecule has 1 N–H and O–H groups in total. The van der Waals surface area contributed by atoms with E-state index in [2.05, 4.69) is 11.8 Å². The Labute approximate surface area is 92.5 Å². The van der Waals surface area contributed by atoms with Gasteiger partial charge in [-0.1, -0.05) is 26.7 Å². The minimum Gasteiger partial charge on any atom is -0.480 e. The second-order valence-electron chi connectivity index (χ2n) is 4.49. The fourth-order valence-electron chi connectivity index (χ4n) is 2.61. The van der Waals surface area contributed by atoms with Gasteiger partial charge in [-0.3, -0.25) is 9.69 Å². The second-order valence-corrected chi connectivity index (χ2v) is 4.49. The Kier molecular flexibility index (Phi) is 4.58. The molecule has 0 amide bonds. The van der Waals surface area contributed by atoms with Crippen LogP contribution in [-0.4, -0.2) is 34.6 Å². The molecule has 1 unspecified atom stereocenters. The molecule has 1 aliphatic heterocycles. The van der Waals surface area contributed by atoms with Crippen molar-refractivity contribution in [1.82, 2.24) is 4.90 Å². The number of hydrogen-bond acceptors (Lipinski definition) is 2. The van der Waals surface area contributed by atoms with Crippen molar-refractivity contribution in [2.75, 3.05) is 13.1 Å². The molecule has 0 saturated carbocycles. The van der Waals surface area contributed by atoms with Gasteiger partial charge in [-0.05, 0) is 38.8 Å². The van der Waals surface area contributed by atoms with Crippen molar-refractivity contribution in [3.05, 3.63) is 0 Å². The van der Waals surface area contributed by atoms with Crippen LogP contribution in [0.15, 0.2) is 0 Å². The summed E-state index contributed by atoms with van der Waals surface area (Å²) in [6, 6.07) is 0. The van der Waals surface area contributed by atoms with Crippen molar-refractivity contribution >= 4 is 5.97 Å². The molecule has 0 spiro atoms. The first kappa shape index (κ1) is 12.5. The molecule has 1 aliphatic rings. The highest BCUT2D eigenvalue weighted by atomic mass is 16.4. The van der Waals surface area contributed by atoms with Crippen LogP contribution < -0.4 is 0 Å². The van der Waals surface area contributed by atoms with Crippen molar-refractivity contribution in [2.24, 2.45) is 0 Å². The lowest BCUT2D eigenvalue weighted by atomic mass is 9.93. The number of carbonyl (C=O) groups is 1. The first-order valence-electron chi connectivity index (χ1n) is 6.16. The van der Waals surface area contributed by atoms with Crippen molar-refractivity contribution in [3.63, 3.8) is 0 Å². The van der Waals surface area contributed by atoms with E-state index in [9.17, 15) is 9.90 Å². The van der Waals surface area contributed by atoms with Crippen LogP contribution in [0.4, 0.5) is 0 Å². The van der Waals surface area contributed by atoms with E-state index >= 15 is 0 Å². The van der Waals surface area contributed by atoms with Crippen LogP contribution >= 0.6 is 0 Å². The van der Waals surface area contributed by atoms with Gasteiger partial charge in [-0.2, -0.15) is 0 Å². The molecule has 3 heteroatoms. The third-order valence-electron chi connectivity index (χ3n) is 3.64. The Balaban J connectivity index is 2.57. The lowest BCUT2D eigenvalue weighted by Crippen LogP contribution is -2.50. The molecule has 1 saturated heterocycles. The molecule has 88 valence electrons. The molecule has 1 fully saturated rings. The summed E-state index contributed by atoms with van der Waals surface area (Å²) in [5.74, 6) is -0.626. The molecule has 0 aromatic heterocycles. The van der Waals surface area contributed by atoms with Gasteiger partial charge < -0.3 is 5.11 Å². The van der Waals surface area contributed by atoms with Crippen LogP contribution in [0.5, 0.6) is 0 Å². The van der Waals surface area contributed by atoms with Gasteiger partial charge in [-0.15, -0.1) is 0 Å². The van der Waals surface area contributed by atoms with Crippen LogP contribution in [0.25, 0.3) is 0 Å². The van der Waals surface area contributed by atoms with Crippen molar-refractivity contribution in [1.29, 1.82) is 0 Å². The fourth-order valence-corrected chi connectivity index (χ4v) is 2.61. The predicted octanol–water partition coefficient (Wildman–Crippen LogP) is 2.51. The van der Waals surface area contributed by atoms with Crippen molar-refractivity contribution < 1.29 is 9.90 Å². The minimum atomic E-state index is -0.626. The summed E-state index contributed by atoms with van der Waals surface area (Å²) < 4.78 is 0. The van der Waals surface area contributed by atoms with Crippen LogP contribution in [0.3, 0.4) is 0 Å². The monoisotopic (exact) mass is 213 g/mol. The number of nitrogens with zero attached hydrogens (tertiary/aromatic N) is 1. The lowest BCUT2D eigenvalue weighted by molar-refractivity contribution is -0.150. The maximum atomic E-state index is 11.4. The second kappa shape index (κ2) is 5.50. The maximum absolute atomic E-state index is 11.4. The van der Waals surface area contributed by atoms with E-state index in [0.717, 1.165) is 38.8 Å². The number of rotatable bonds is 6. The van der Waals surface area contributed by atoms with E-state index < -0.39 is 11.5 Å². The average molecular weight is 213 g/mol. The summed E-state index contributed by atoms with van der Waals surface area (Å²) in [5, 5.41) is 9.35. The number of aliphatic carboxylic acids is 1. The highest BCUT2D eigenvalue weighted by molar-refractivity contribution is 5.79. The zero-order chi connectivity index (χ0) is 11.3. The molecule has 15 heavy (non-hydrogen) atoms. The molecule has 0 aromatic rings. The molecule has 1 atom stereocenters. The molecule has 1 rings (SSSR count). The number of carboxylic acid groups (broad SMARTS) is 1. The van der Waals surface area contributed by atoms with E-state index in [0.29, 0.717) is 0 Å². The summed E-state index contributed by atoms with van der Waals surface area (Å²) in [6.45, 7) is 6.08. The zero-order valence-corrected chi connectivity index (χ0v) is 9.96. The quantitative estimate of drug-likeness (QED) is 0.689. The number of unbranched alkanes of at least 4 members (excludes halogenated alkanes) is 2. The Morgan fingerprint density at radius 2 is 2.13 bits per heavy atom. The Bertz CT molecular complexity index is 218. The Hall–Kier alpha value is -0.570. The number of likely N-dealkylation sites (tertiary alicyclic amines) is 1. The van der Waals surface area contributed by atoms with Crippen LogP contribution in [0.2, 0.25) is 0 Å². The van der Waals surface area contributed by atoms with E-state index in [-0.39, 0.29) is 0 Å². The van der Waals surface area contributed by atoms with E-state index in [1.807, 2.05) is 6.92 Å². The van der Waals surface area contributed by atoms with Gasteiger partial charge >= 0.3 is 5.97 Å². The normalized spacial score (nSPS) is 27.1. The van der Waals surface area contributed by atoms with Crippen molar-refractivity contribution in [2.45, 2.75) is 57.9 Å². The molecular weight excluding hydrogens is 190 g/mol. The third kappa shape index (κ3) is 2.51. The molecule has 1 heterocycles. The summed E-state index contributed by atoms with van der Waals surface area (Å²) >= 11 is 0. The smallest absolute Gasteiger partial charge is 0.324 e. The Morgan fingerprint density at radius 3 is 2.67 bits per heavy atom. The van der Waals surface area contributed by atoms with Gasteiger partial charge in [-0.25, -0.2) is 0 Å². The summed E-state index contributed by atoms with van der Waals surface area (Å²) in [6.07, 6.45) is 6.12. The molecule has 0 aliphatic carbocycles. The lowest BCUT2D eigenvalue weighted by Gasteiger charge is -2.33. The Morgan fingerprint density at radius 1 is 1.40 bits per heavy atom. The first-order chi connectivity index (χ1) is 7.17. The van der Waals surface area contributed by atoms with Gasteiger partial charge in [0.2, 0.25) is 0 Å². The van der Waals surface area contributed by atoms with E-state index in [1.54, 1.807) is 0 Å². The van der Waals surface area contributed by atoms with Gasteiger partial charge in [0, 0.05) is 0 Å². The first-order valence-corrected chi connectivity index (χ1v) is 6.16. The summed E-state index contributed by atoms with van der Waals surface area (Å²) in [4.78, 5) is 13.5. The molecule has 3 nitrogen and oxygen atoms in total. The molecule has 0 radical (unpaired) electrons. The summed E-state index contributed by atoms with van der Waals surface area (Å²) in [7, 11) is 0. The average Bonchev–Trinajstić information content (AvgIpc) is 2.62. The maximum Gasteiger partial charge on any atom is 0.324 e. The topological polar surface area (TPSA) is 40.5 Å². The predicted molar refractivity (Wildman–Crippen MR) is 61.0 cm³/mol. The minimum absolute atomic E-state index is 0.548. The van der Waals surface area contributed by atoms with E-state index in [4.69, 9.17) is 0 Å². The zero-order valence-electron chi connectivity index (χ0n) is 9.96. The highest BCUT2D eigenvalue weighted by Gasteiger charge is 2.45. The molecule has 0 bridgehead atoms. The standard InChI is InChI=1S/C12H23NO2/c1-3-5-6-9-13-10-7-8-12(13,4-2)11(14)15/h3-10H2,1-2H3,(H,14,15). The van der Waals surface area contributed by atoms with Crippen LogP contribution in [0, 0.1) is 0 Å². The van der Waals surface area contributed by atoms with Crippen LogP contribution in [-0.2, 0) is 4.79 Å². The highest BCUT2D eigenvalue weighted by Crippen LogP contribution is 2.32. The summed E-state index contributed by atoms with van der Waals surface area (Å²) in [5.41, 5.74) is -0.548. The third-order valence-corrected chi connectivity index (χ3v) is 3.64. The van der Waals surface area contributed by atoms with Gasteiger partial charge in [0.1, 0.15) is 5.54 Å². The van der Waals surface area contributed by atoms with Gasteiger partial charge in [0.05, 0.1) is 0 Å². The molecule has 0 aromatic carbocycles. The number of hydrogen-bond donors (Lipinski definition) is 1. The molecular formula is C12H23NO2. The van der Waals surface area contributed by atoms with Gasteiger partial charge in [0.25, 0.3) is 0 Å².